The number of nitrogens with zero attached hydrogens (tertiary/aromatic N) is 2. The SMILES string of the molecule is Cc1cccc(C)c1NC(=O)C(C)n1cc(C(=O)O)cn1. The van der Waals surface area contributed by atoms with Gasteiger partial charge in [-0.15, -0.1) is 0 Å². The third kappa shape index (κ3) is 3.10. The topological polar surface area (TPSA) is 84.2 Å². The van der Waals surface area contributed by atoms with Crippen molar-refractivity contribution in [3.63, 3.8) is 0 Å². The number of aromatic carboxylic acids is 1. The predicted octanol–water partition coefficient (Wildman–Crippen LogP) is 2.40. The van der Waals surface area contributed by atoms with E-state index in [1.54, 1.807) is 6.92 Å². The molecule has 0 aliphatic rings. The number of amides is 1. The van der Waals surface area contributed by atoms with E-state index < -0.39 is 12.0 Å². The Morgan fingerprint density at radius 1 is 1.29 bits per heavy atom. The van der Waals surface area contributed by atoms with Crippen molar-refractivity contribution in [1.29, 1.82) is 0 Å². The van der Waals surface area contributed by atoms with E-state index in [0.717, 1.165) is 16.8 Å². The average molecular weight is 287 g/mol. The molecule has 1 unspecified atom stereocenters. The molecular weight excluding hydrogens is 270 g/mol. The lowest BCUT2D eigenvalue weighted by molar-refractivity contribution is -0.119. The van der Waals surface area contributed by atoms with Crippen molar-refractivity contribution in [2.75, 3.05) is 5.32 Å². The first-order valence-electron chi connectivity index (χ1n) is 6.54. The van der Waals surface area contributed by atoms with Gasteiger partial charge >= 0.3 is 5.97 Å². The number of carboxylic acid groups (broad SMARTS) is 1. The summed E-state index contributed by atoms with van der Waals surface area (Å²) in [5.41, 5.74) is 2.78. The van der Waals surface area contributed by atoms with E-state index in [0.29, 0.717) is 0 Å². The fraction of sp³-hybridized carbons (Fsp3) is 0.267. The average Bonchev–Trinajstić information content (AvgIpc) is 2.92. The molecule has 0 bridgehead atoms. The second-order valence-corrected chi connectivity index (χ2v) is 4.95. The largest absolute Gasteiger partial charge is 0.478 e. The summed E-state index contributed by atoms with van der Waals surface area (Å²) in [5.74, 6) is -1.31. The molecule has 0 spiro atoms. The summed E-state index contributed by atoms with van der Waals surface area (Å²) in [4.78, 5) is 23.1. The van der Waals surface area contributed by atoms with Crippen LogP contribution in [-0.2, 0) is 4.79 Å². The molecule has 0 radical (unpaired) electrons. The van der Waals surface area contributed by atoms with E-state index in [-0.39, 0.29) is 11.5 Å². The van der Waals surface area contributed by atoms with Crippen LogP contribution in [0.15, 0.2) is 30.6 Å². The summed E-state index contributed by atoms with van der Waals surface area (Å²) in [6.45, 7) is 5.51. The van der Waals surface area contributed by atoms with Crippen LogP contribution in [0.1, 0.15) is 34.5 Å². The molecule has 0 saturated heterocycles. The maximum absolute atomic E-state index is 12.3. The van der Waals surface area contributed by atoms with Crippen LogP contribution < -0.4 is 5.32 Å². The summed E-state index contributed by atoms with van der Waals surface area (Å²) < 4.78 is 1.34. The number of aryl methyl sites for hydroxylation is 2. The number of anilines is 1. The maximum Gasteiger partial charge on any atom is 0.338 e. The zero-order chi connectivity index (χ0) is 15.6. The van der Waals surface area contributed by atoms with E-state index in [1.165, 1.54) is 17.1 Å². The van der Waals surface area contributed by atoms with E-state index in [9.17, 15) is 9.59 Å². The van der Waals surface area contributed by atoms with Gasteiger partial charge in [0.15, 0.2) is 0 Å². The highest BCUT2D eigenvalue weighted by Crippen LogP contribution is 2.21. The molecule has 110 valence electrons. The number of carboxylic acids is 1. The number of rotatable bonds is 4. The van der Waals surface area contributed by atoms with Crippen LogP contribution in [0.4, 0.5) is 5.69 Å². The second-order valence-electron chi connectivity index (χ2n) is 4.95. The molecule has 1 atom stereocenters. The van der Waals surface area contributed by atoms with Crippen LogP contribution in [0.25, 0.3) is 0 Å². The fourth-order valence-corrected chi connectivity index (χ4v) is 2.02. The lowest BCUT2D eigenvalue weighted by Gasteiger charge is -2.15. The molecule has 1 aromatic heterocycles. The Kier molecular flexibility index (Phi) is 4.07. The standard InChI is InChI=1S/C15H17N3O3/c1-9-5-4-6-10(2)13(9)17-14(19)11(3)18-8-12(7-16-18)15(20)21/h4-8,11H,1-3H3,(H,17,19)(H,20,21). The van der Waals surface area contributed by atoms with E-state index in [2.05, 4.69) is 10.4 Å². The van der Waals surface area contributed by atoms with Crippen LogP contribution in [-0.4, -0.2) is 26.8 Å². The minimum Gasteiger partial charge on any atom is -0.478 e. The molecule has 1 amide bonds. The van der Waals surface area contributed by atoms with Gasteiger partial charge < -0.3 is 10.4 Å². The van der Waals surface area contributed by atoms with Crippen LogP contribution in [0.3, 0.4) is 0 Å². The quantitative estimate of drug-likeness (QED) is 0.904. The first kappa shape index (κ1) is 14.8. The summed E-state index contributed by atoms with van der Waals surface area (Å²) in [6.07, 6.45) is 2.57. The normalized spacial score (nSPS) is 12.0. The lowest BCUT2D eigenvalue weighted by atomic mass is 10.1. The summed E-state index contributed by atoms with van der Waals surface area (Å²) in [5, 5.41) is 15.7. The second kappa shape index (κ2) is 5.78. The molecule has 0 aliphatic carbocycles. The lowest BCUT2D eigenvalue weighted by Crippen LogP contribution is -2.24. The first-order chi connectivity index (χ1) is 9.90. The van der Waals surface area contributed by atoms with Crippen molar-refractivity contribution < 1.29 is 14.7 Å². The van der Waals surface area contributed by atoms with Crippen molar-refractivity contribution in [3.05, 3.63) is 47.3 Å². The van der Waals surface area contributed by atoms with Crippen molar-refractivity contribution in [3.8, 4) is 0 Å². The Bertz CT molecular complexity index is 671. The molecule has 2 rings (SSSR count). The number of carbonyl (C=O) groups is 2. The van der Waals surface area contributed by atoms with Gasteiger partial charge in [-0.05, 0) is 31.9 Å². The van der Waals surface area contributed by atoms with Gasteiger partial charge in [-0.25, -0.2) is 4.79 Å². The highest BCUT2D eigenvalue weighted by molar-refractivity contribution is 5.95. The molecule has 6 heteroatoms. The van der Waals surface area contributed by atoms with Gasteiger partial charge in [-0.3, -0.25) is 9.48 Å². The summed E-state index contributed by atoms with van der Waals surface area (Å²) in [6, 6.07) is 5.17. The molecule has 21 heavy (non-hydrogen) atoms. The minimum atomic E-state index is -1.07. The Morgan fingerprint density at radius 2 is 1.90 bits per heavy atom. The van der Waals surface area contributed by atoms with Crippen molar-refractivity contribution >= 4 is 17.6 Å². The number of nitrogens with one attached hydrogen (secondary N) is 1. The van der Waals surface area contributed by atoms with Gasteiger partial charge in [0.25, 0.3) is 0 Å². The molecule has 0 saturated carbocycles. The summed E-state index contributed by atoms with van der Waals surface area (Å²) in [7, 11) is 0. The zero-order valence-electron chi connectivity index (χ0n) is 12.1. The predicted molar refractivity (Wildman–Crippen MR) is 78.4 cm³/mol. The van der Waals surface area contributed by atoms with Crippen molar-refractivity contribution in [2.24, 2.45) is 0 Å². The Hall–Kier alpha value is -2.63. The van der Waals surface area contributed by atoms with Crippen LogP contribution >= 0.6 is 0 Å². The third-order valence-electron chi connectivity index (χ3n) is 3.35. The fourth-order valence-electron chi connectivity index (χ4n) is 2.02. The smallest absolute Gasteiger partial charge is 0.338 e. The van der Waals surface area contributed by atoms with Gasteiger partial charge in [0.05, 0.1) is 11.8 Å². The first-order valence-corrected chi connectivity index (χ1v) is 6.54. The molecule has 1 aromatic carbocycles. The molecule has 0 aliphatic heterocycles. The molecule has 2 aromatic rings. The molecule has 2 N–H and O–H groups in total. The maximum atomic E-state index is 12.3. The number of hydrogen-bond acceptors (Lipinski definition) is 3. The number of hydrogen-bond donors (Lipinski definition) is 2. The van der Waals surface area contributed by atoms with Gasteiger partial charge in [-0.1, -0.05) is 18.2 Å². The molecule has 1 heterocycles. The zero-order valence-corrected chi connectivity index (χ0v) is 12.1. The van der Waals surface area contributed by atoms with Crippen LogP contribution in [0.5, 0.6) is 0 Å². The number of benzene rings is 1. The van der Waals surface area contributed by atoms with Crippen LogP contribution in [0, 0.1) is 13.8 Å². The van der Waals surface area contributed by atoms with E-state index in [4.69, 9.17) is 5.11 Å². The highest BCUT2D eigenvalue weighted by Gasteiger charge is 2.18. The number of carbonyl (C=O) groups excluding carboxylic acids is 1. The highest BCUT2D eigenvalue weighted by atomic mass is 16.4. The molecule has 0 fully saturated rings. The van der Waals surface area contributed by atoms with Gasteiger partial charge in [0.2, 0.25) is 5.91 Å². The van der Waals surface area contributed by atoms with Crippen molar-refractivity contribution in [1.82, 2.24) is 9.78 Å². The monoisotopic (exact) mass is 287 g/mol. The van der Waals surface area contributed by atoms with Gasteiger partial charge in [-0.2, -0.15) is 5.10 Å². The van der Waals surface area contributed by atoms with E-state index in [1.807, 2.05) is 32.0 Å². The molecular formula is C15H17N3O3. The number of para-hydroxylation sites is 1. The Balaban J connectivity index is 2.17. The number of aromatic nitrogens is 2. The molecule has 6 nitrogen and oxygen atoms in total. The van der Waals surface area contributed by atoms with Crippen LogP contribution in [0.2, 0.25) is 0 Å². The van der Waals surface area contributed by atoms with Crippen molar-refractivity contribution in [2.45, 2.75) is 26.8 Å². The Labute approximate surface area is 122 Å². The van der Waals surface area contributed by atoms with Gasteiger partial charge in [0.1, 0.15) is 6.04 Å². The third-order valence-corrected chi connectivity index (χ3v) is 3.35. The van der Waals surface area contributed by atoms with Gasteiger partial charge in [0, 0.05) is 11.9 Å². The Morgan fingerprint density at radius 3 is 2.43 bits per heavy atom. The van der Waals surface area contributed by atoms with E-state index >= 15 is 0 Å². The summed E-state index contributed by atoms with van der Waals surface area (Å²) >= 11 is 0. The minimum absolute atomic E-state index is 0.0572.